The number of imide groups is 1. The van der Waals surface area contributed by atoms with E-state index in [1.807, 2.05) is 6.07 Å². The number of nitrogens with one attached hydrogen (secondary N) is 1. The van der Waals surface area contributed by atoms with Gasteiger partial charge in [0, 0.05) is 22.3 Å². The summed E-state index contributed by atoms with van der Waals surface area (Å²) in [5.41, 5.74) is 1.49. The van der Waals surface area contributed by atoms with Crippen LogP contribution in [0.4, 0.5) is 5.69 Å². The molecule has 120 valence electrons. The predicted molar refractivity (Wildman–Crippen MR) is 94.1 cm³/mol. The highest BCUT2D eigenvalue weighted by Crippen LogP contribution is 2.24. The fraction of sp³-hybridized carbons (Fsp3) is 0.0556. The molecule has 24 heavy (non-hydrogen) atoms. The number of carbonyl (C=O) groups excluding carboxylic acids is 3. The molecule has 3 amide bonds. The fourth-order valence-electron chi connectivity index (χ4n) is 2.50. The maximum atomic E-state index is 12.4. The maximum absolute atomic E-state index is 12.4. The van der Waals surface area contributed by atoms with Gasteiger partial charge in [0.2, 0.25) is 0 Å². The minimum atomic E-state index is -0.410. The highest BCUT2D eigenvalue weighted by Gasteiger charge is 2.35. The molecular formula is C18H13BrN2O3. The summed E-state index contributed by atoms with van der Waals surface area (Å²) in [5.74, 6) is -1.13. The van der Waals surface area contributed by atoms with E-state index in [1.54, 1.807) is 18.2 Å². The van der Waals surface area contributed by atoms with Gasteiger partial charge in [-0.2, -0.15) is 0 Å². The molecule has 0 spiro atoms. The second kappa shape index (κ2) is 6.41. The molecule has 0 bridgehead atoms. The first-order chi connectivity index (χ1) is 11.5. The van der Waals surface area contributed by atoms with Crippen LogP contribution in [0.2, 0.25) is 0 Å². The van der Waals surface area contributed by atoms with Crippen molar-refractivity contribution in [3.05, 3.63) is 76.3 Å². The number of halogens is 1. The molecule has 1 N–H and O–H groups in total. The molecular weight excluding hydrogens is 372 g/mol. The topological polar surface area (TPSA) is 66.5 Å². The Bertz CT molecular complexity index is 876. The van der Waals surface area contributed by atoms with Gasteiger partial charge in [-0.05, 0) is 36.4 Å². The van der Waals surface area contributed by atoms with E-state index in [-0.39, 0.29) is 23.9 Å². The molecule has 2 aromatic carbocycles. The SMILES string of the molecule is C=CCN1C(=O)c2ccc(C(=O)Nc3cccc(Br)c3)cc2C1=O. The molecule has 0 unspecified atom stereocenters. The lowest BCUT2D eigenvalue weighted by atomic mass is 10.1. The Morgan fingerprint density at radius 1 is 1.12 bits per heavy atom. The number of hydrogen-bond acceptors (Lipinski definition) is 3. The minimum absolute atomic E-state index is 0.145. The summed E-state index contributed by atoms with van der Waals surface area (Å²) in [6.07, 6.45) is 1.49. The fourth-order valence-corrected chi connectivity index (χ4v) is 2.90. The molecule has 0 aromatic heterocycles. The van der Waals surface area contributed by atoms with E-state index in [0.29, 0.717) is 16.8 Å². The summed E-state index contributed by atoms with van der Waals surface area (Å²) < 4.78 is 0.843. The highest BCUT2D eigenvalue weighted by molar-refractivity contribution is 9.10. The van der Waals surface area contributed by atoms with Crippen molar-refractivity contribution in [3.8, 4) is 0 Å². The lowest BCUT2D eigenvalue weighted by Gasteiger charge is -2.09. The van der Waals surface area contributed by atoms with Gasteiger partial charge in [0.25, 0.3) is 17.7 Å². The van der Waals surface area contributed by atoms with E-state index in [9.17, 15) is 14.4 Å². The average Bonchev–Trinajstić information content (AvgIpc) is 2.80. The van der Waals surface area contributed by atoms with Crippen molar-refractivity contribution in [2.75, 3.05) is 11.9 Å². The van der Waals surface area contributed by atoms with Crippen molar-refractivity contribution >= 4 is 39.3 Å². The number of anilines is 1. The van der Waals surface area contributed by atoms with Gasteiger partial charge in [0.05, 0.1) is 11.1 Å². The Kier molecular flexibility index (Phi) is 4.31. The third kappa shape index (κ3) is 2.88. The molecule has 0 fully saturated rings. The van der Waals surface area contributed by atoms with Gasteiger partial charge in [-0.1, -0.05) is 28.1 Å². The Labute approximate surface area is 147 Å². The van der Waals surface area contributed by atoms with Gasteiger partial charge in [-0.15, -0.1) is 6.58 Å². The molecule has 6 heteroatoms. The van der Waals surface area contributed by atoms with Crippen LogP contribution < -0.4 is 5.32 Å². The molecule has 5 nitrogen and oxygen atoms in total. The summed E-state index contributed by atoms with van der Waals surface area (Å²) in [5, 5.41) is 2.76. The zero-order valence-electron chi connectivity index (χ0n) is 12.6. The largest absolute Gasteiger partial charge is 0.322 e. The standard InChI is InChI=1S/C18H13BrN2O3/c1-2-8-21-17(23)14-7-6-11(9-15(14)18(21)24)16(22)20-13-5-3-4-12(19)10-13/h2-7,9-10H,1,8H2,(H,20,22). The van der Waals surface area contributed by atoms with Crippen molar-refractivity contribution < 1.29 is 14.4 Å². The zero-order valence-corrected chi connectivity index (χ0v) is 14.2. The Hall–Kier alpha value is -2.73. The minimum Gasteiger partial charge on any atom is -0.322 e. The lowest BCUT2D eigenvalue weighted by molar-refractivity contribution is 0.0672. The Morgan fingerprint density at radius 2 is 1.88 bits per heavy atom. The van der Waals surface area contributed by atoms with Crippen LogP contribution >= 0.6 is 15.9 Å². The Morgan fingerprint density at radius 3 is 2.58 bits per heavy atom. The van der Waals surface area contributed by atoms with Gasteiger partial charge < -0.3 is 5.32 Å². The summed E-state index contributed by atoms with van der Waals surface area (Å²) in [6, 6.07) is 11.7. The normalized spacial score (nSPS) is 13.0. The number of amides is 3. The van der Waals surface area contributed by atoms with E-state index in [2.05, 4.69) is 27.8 Å². The van der Waals surface area contributed by atoms with Gasteiger partial charge in [0.15, 0.2) is 0 Å². The molecule has 0 radical (unpaired) electrons. The van der Waals surface area contributed by atoms with Crippen LogP contribution in [0, 0.1) is 0 Å². The van der Waals surface area contributed by atoms with Crippen molar-refractivity contribution in [2.45, 2.75) is 0 Å². The summed E-state index contributed by atoms with van der Waals surface area (Å²) >= 11 is 3.34. The van der Waals surface area contributed by atoms with Gasteiger partial charge in [-0.25, -0.2) is 0 Å². The molecule has 0 saturated carbocycles. The Balaban J connectivity index is 1.87. The van der Waals surface area contributed by atoms with Crippen molar-refractivity contribution in [1.29, 1.82) is 0 Å². The molecule has 1 aliphatic rings. The zero-order chi connectivity index (χ0) is 17.3. The summed E-state index contributed by atoms with van der Waals surface area (Å²) in [6.45, 7) is 3.69. The third-order valence-electron chi connectivity index (χ3n) is 3.63. The number of fused-ring (bicyclic) bond motifs is 1. The van der Waals surface area contributed by atoms with Crippen LogP contribution in [0.25, 0.3) is 0 Å². The predicted octanol–water partition coefficient (Wildman–Crippen LogP) is 3.48. The van der Waals surface area contributed by atoms with Crippen molar-refractivity contribution in [3.63, 3.8) is 0 Å². The molecule has 0 aliphatic carbocycles. The monoisotopic (exact) mass is 384 g/mol. The van der Waals surface area contributed by atoms with Gasteiger partial charge >= 0.3 is 0 Å². The van der Waals surface area contributed by atoms with E-state index in [1.165, 1.54) is 24.3 Å². The maximum Gasteiger partial charge on any atom is 0.261 e. The van der Waals surface area contributed by atoms with Crippen LogP contribution in [-0.4, -0.2) is 29.2 Å². The number of rotatable bonds is 4. The molecule has 0 saturated heterocycles. The smallest absolute Gasteiger partial charge is 0.261 e. The highest BCUT2D eigenvalue weighted by atomic mass is 79.9. The first-order valence-electron chi connectivity index (χ1n) is 7.19. The van der Waals surface area contributed by atoms with E-state index < -0.39 is 5.91 Å². The number of hydrogen-bond donors (Lipinski definition) is 1. The molecule has 1 aliphatic heterocycles. The van der Waals surface area contributed by atoms with Crippen LogP contribution in [0.1, 0.15) is 31.1 Å². The van der Waals surface area contributed by atoms with Crippen LogP contribution in [-0.2, 0) is 0 Å². The van der Waals surface area contributed by atoms with E-state index >= 15 is 0 Å². The summed E-state index contributed by atoms with van der Waals surface area (Å²) in [4.78, 5) is 37.9. The second-order valence-electron chi connectivity index (χ2n) is 5.23. The van der Waals surface area contributed by atoms with Crippen molar-refractivity contribution in [1.82, 2.24) is 4.90 Å². The number of nitrogens with zero attached hydrogens (tertiary/aromatic N) is 1. The van der Waals surface area contributed by atoms with E-state index in [4.69, 9.17) is 0 Å². The summed E-state index contributed by atoms with van der Waals surface area (Å²) in [7, 11) is 0. The molecule has 2 aromatic rings. The molecule has 3 rings (SSSR count). The van der Waals surface area contributed by atoms with Crippen LogP contribution in [0.3, 0.4) is 0 Å². The first kappa shape index (κ1) is 16.1. The third-order valence-corrected chi connectivity index (χ3v) is 4.12. The molecule has 0 atom stereocenters. The van der Waals surface area contributed by atoms with Crippen LogP contribution in [0.15, 0.2) is 59.6 Å². The quantitative estimate of drug-likeness (QED) is 0.647. The first-order valence-corrected chi connectivity index (χ1v) is 7.98. The average molecular weight is 385 g/mol. The van der Waals surface area contributed by atoms with Gasteiger partial charge in [0.1, 0.15) is 0 Å². The number of carbonyl (C=O) groups is 3. The molecule has 1 heterocycles. The van der Waals surface area contributed by atoms with E-state index in [0.717, 1.165) is 9.37 Å². The van der Waals surface area contributed by atoms with Gasteiger partial charge in [-0.3, -0.25) is 19.3 Å². The van der Waals surface area contributed by atoms with Crippen LogP contribution in [0.5, 0.6) is 0 Å². The lowest BCUT2D eigenvalue weighted by Crippen LogP contribution is -2.29. The van der Waals surface area contributed by atoms with Crippen molar-refractivity contribution in [2.24, 2.45) is 0 Å². The number of benzene rings is 2. The second-order valence-corrected chi connectivity index (χ2v) is 6.15.